The smallest absolute Gasteiger partial charge is 0.0125 e. The van der Waals surface area contributed by atoms with E-state index in [1.165, 1.54) is 98.8 Å². The summed E-state index contributed by atoms with van der Waals surface area (Å²) in [4.78, 5) is 0. The fourth-order valence-electron chi connectivity index (χ4n) is 9.25. The Hall–Kier alpha value is -6.76. The highest BCUT2D eigenvalue weighted by Crippen LogP contribution is 2.48. The summed E-state index contributed by atoms with van der Waals surface area (Å²) in [6.07, 6.45) is 3.31. The van der Waals surface area contributed by atoms with E-state index in [0.717, 1.165) is 12.0 Å². The SMILES string of the molecule is C=C1C(c2ccccc2)=C(C)C(c2ccccc2)=CCC1c1ccc(-c2cccc3c4ccccc4c4ccccc4c23)c(-c2cccc3ccccc23)c1. The van der Waals surface area contributed by atoms with Crippen LogP contribution in [0.15, 0.2) is 212 Å². The molecule has 0 heteroatoms. The van der Waals surface area contributed by atoms with Gasteiger partial charge in [0.15, 0.2) is 0 Å². The minimum atomic E-state index is 0.0893. The average molecular weight is 701 g/mol. The molecule has 9 aromatic rings. The van der Waals surface area contributed by atoms with Crippen molar-refractivity contribution in [1.82, 2.24) is 0 Å². The molecule has 0 saturated heterocycles. The summed E-state index contributed by atoms with van der Waals surface area (Å²) in [5, 5.41) is 10.2. The molecule has 0 aromatic heterocycles. The zero-order valence-electron chi connectivity index (χ0n) is 31.0. The minimum Gasteiger partial charge on any atom is -0.0946 e. The summed E-state index contributed by atoms with van der Waals surface area (Å²) in [7, 11) is 0. The van der Waals surface area contributed by atoms with Crippen molar-refractivity contribution in [2.75, 3.05) is 0 Å². The lowest BCUT2D eigenvalue weighted by Crippen LogP contribution is -2.04. The van der Waals surface area contributed by atoms with Gasteiger partial charge in [-0.2, -0.15) is 0 Å². The van der Waals surface area contributed by atoms with Crippen LogP contribution in [-0.2, 0) is 0 Å². The first-order valence-corrected chi connectivity index (χ1v) is 19.3. The van der Waals surface area contributed by atoms with Gasteiger partial charge in [-0.05, 0) is 124 Å². The third-order valence-corrected chi connectivity index (χ3v) is 11.8. The minimum absolute atomic E-state index is 0.0893. The van der Waals surface area contributed by atoms with E-state index < -0.39 is 0 Å². The monoisotopic (exact) mass is 700 g/mol. The molecule has 0 N–H and O–H groups in total. The Morgan fingerprint density at radius 3 is 1.67 bits per heavy atom. The molecule has 1 aliphatic carbocycles. The third-order valence-electron chi connectivity index (χ3n) is 11.8. The molecule has 1 unspecified atom stereocenters. The summed E-state index contributed by atoms with van der Waals surface area (Å²) in [5.41, 5.74) is 13.6. The van der Waals surface area contributed by atoms with E-state index in [-0.39, 0.29) is 5.92 Å². The molecular weight excluding hydrogens is 661 g/mol. The first-order valence-electron chi connectivity index (χ1n) is 19.3. The van der Waals surface area contributed by atoms with E-state index in [1.807, 2.05) is 0 Å². The van der Waals surface area contributed by atoms with Crippen molar-refractivity contribution in [1.29, 1.82) is 0 Å². The van der Waals surface area contributed by atoms with Crippen molar-refractivity contribution in [3.05, 3.63) is 229 Å². The van der Waals surface area contributed by atoms with Crippen LogP contribution < -0.4 is 0 Å². The van der Waals surface area contributed by atoms with E-state index in [4.69, 9.17) is 6.58 Å². The molecule has 10 rings (SSSR count). The van der Waals surface area contributed by atoms with Gasteiger partial charge in [0.25, 0.3) is 0 Å². The van der Waals surface area contributed by atoms with Crippen LogP contribution in [0.2, 0.25) is 0 Å². The standard InChI is InChI=1S/C55H40/c1-36-42(38-17-5-3-6-18-38)33-34-43(37(2)54(36)40-20-7-4-8-21-40)41-31-32-49(53(35-41)45-28-15-22-39-19-9-10-23-44(39)45)52-30-16-29-51-48-25-12-11-24-46(48)47-26-13-14-27-50(47)55(51)52/h3-33,35,43H,2,34H2,1H3. The van der Waals surface area contributed by atoms with Gasteiger partial charge >= 0.3 is 0 Å². The van der Waals surface area contributed by atoms with Crippen LogP contribution in [0.5, 0.6) is 0 Å². The summed E-state index contributed by atoms with van der Waals surface area (Å²) >= 11 is 0. The maximum absolute atomic E-state index is 4.91. The quantitative estimate of drug-likeness (QED) is 0.157. The molecule has 1 atom stereocenters. The summed E-state index contributed by atoms with van der Waals surface area (Å²) < 4.78 is 0. The normalized spacial score (nSPS) is 14.8. The van der Waals surface area contributed by atoms with Gasteiger partial charge in [-0.3, -0.25) is 0 Å². The summed E-state index contributed by atoms with van der Waals surface area (Å²) in [6, 6.07) is 69.1. The Balaban J connectivity index is 1.24. The third kappa shape index (κ3) is 5.53. The van der Waals surface area contributed by atoms with Crippen LogP contribution in [-0.4, -0.2) is 0 Å². The van der Waals surface area contributed by atoms with E-state index >= 15 is 0 Å². The zero-order chi connectivity index (χ0) is 36.9. The van der Waals surface area contributed by atoms with Crippen molar-refractivity contribution in [3.63, 3.8) is 0 Å². The number of hydrogen-bond acceptors (Lipinski definition) is 0. The van der Waals surface area contributed by atoms with Crippen LogP contribution in [0.1, 0.15) is 36.0 Å². The molecule has 55 heavy (non-hydrogen) atoms. The molecule has 0 amide bonds. The van der Waals surface area contributed by atoms with Crippen LogP contribution in [0, 0.1) is 0 Å². The molecule has 0 saturated carbocycles. The Morgan fingerprint density at radius 1 is 0.436 bits per heavy atom. The van der Waals surface area contributed by atoms with E-state index in [1.54, 1.807) is 0 Å². The fraction of sp³-hybridized carbons (Fsp3) is 0.0545. The second-order valence-corrected chi connectivity index (χ2v) is 14.8. The van der Waals surface area contributed by atoms with E-state index in [9.17, 15) is 0 Å². The topological polar surface area (TPSA) is 0 Å². The lowest BCUT2D eigenvalue weighted by molar-refractivity contribution is 0.841. The predicted octanol–water partition coefficient (Wildman–Crippen LogP) is 15.2. The van der Waals surface area contributed by atoms with Crippen LogP contribution in [0.3, 0.4) is 0 Å². The molecule has 0 bridgehead atoms. The second-order valence-electron chi connectivity index (χ2n) is 14.8. The average Bonchev–Trinajstić information content (AvgIpc) is 3.38. The number of fused-ring (bicyclic) bond motifs is 7. The van der Waals surface area contributed by atoms with Crippen molar-refractivity contribution >= 4 is 54.2 Å². The van der Waals surface area contributed by atoms with Gasteiger partial charge in [0, 0.05) is 5.92 Å². The maximum Gasteiger partial charge on any atom is 0.0125 e. The molecule has 1 aliphatic rings. The molecule has 0 fully saturated rings. The molecule has 0 nitrogen and oxygen atoms in total. The molecule has 260 valence electrons. The van der Waals surface area contributed by atoms with Crippen molar-refractivity contribution < 1.29 is 0 Å². The Bertz CT molecular complexity index is 2960. The first-order chi connectivity index (χ1) is 27.2. The number of allylic oxidation sites excluding steroid dienone is 5. The van der Waals surface area contributed by atoms with Crippen molar-refractivity contribution in [3.8, 4) is 22.3 Å². The Morgan fingerprint density at radius 2 is 0.964 bits per heavy atom. The zero-order valence-corrected chi connectivity index (χ0v) is 31.0. The largest absolute Gasteiger partial charge is 0.0946 e. The van der Waals surface area contributed by atoms with Crippen LogP contribution in [0.25, 0.3) is 76.5 Å². The number of hydrogen-bond donors (Lipinski definition) is 0. The molecule has 0 spiro atoms. The molecule has 0 heterocycles. The van der Waals surface area contributed by atoms with Gasteiger partial charge in [-0.15, -0.1) is 0 Å². The van der Waals surface area contributed by atoms with Gasteiger partial charge in [-0.25, -0.2) is 0 Å². The van der Waals surface area contributed by atoms with Gasteiger partial charge in [-0.1, -0.05) is 195 Å². The summed E-state index contributed by atoms with van der Waals surface area (Å²) in [5.74, 6) is 0.0893. The molecule has 0 radical (unpaired) electrons. The van der Waals surface area contributed by atoms with Crippen molar-refractivity contribution in [2.45, 2.75) is 19.3 Å². The highest BCUT2D eigenvalue weighted by atomic mass is 14.3. The lowest BCUT2D eigenvalue weighted by Gasteiger charge is -2.24. The van der Waals surface area contributed by atoms with Gasteiger partial charge < -0.3 is 0 Å². The Kier molecular flexibility index (Phi) is 8.11. The molecule has 0 aliphatic heterocycles. The Labute approximate surface area is 323 Å². The fourth-order valence-corrected chi connectivity index (χ4v) is 9.25. The van der Waals surface area contributed by atoms with E-state index in [0.29, 0.717) is 0 Å². The summed E-state index contributed by atoms with van der Waals surface area (Å²) in [6.45, 7) is 7.19. The highest BCUT2D eigenvalue weighted by molar-refractivity contribution is 6.28. The number of benzene rings is 9. The second kappa shape index (κ2) is 13.6. The van der Waals surface area contributed by atoms with Gasteiger partial charge in [0.2, 0.25) is 0 Å². The van der Waals surface area contributed by atoms with Gasteiger partial charge in [0.05, 0.1) is 0 Å². The number of rotatable bonds is 5. The van der Waals surface area contributed by atoms with E-state index in [2.05, 4.69) is 201 Å². The van der Waals surface area contributed by atoms with Crippen LogP contribution >= 0.6 is 0 Å². The maximum atomic E-state index is 4.91. The lowest BCUT2D eigenvalue weighted by atomic mass is 9.80. The predicted molar refractivity (Wildman–Crippen MR) is 237 cm³/mol. The van der Waals surface area contributed by atoms with Crippen molar-refractivity contribution in [2.24, 2.45) is 0 Å². The van der Waals surface area contributed by atoms with Crippen LogP contribution in [0.4, 0.5) is 0 Å². The first kappa shape index (κ1) is 32.9. The highest BCUT2D eigenvalue weighted by Gasteiger charge is 2.27. The molecule has 9 aromatic carbocycles. The van der Waals surface area contributed by atoms with Gasteiger partial charge in [0.1, 0.15) is 0 Å². The molecular formula is C55H40.